The highest BCUT2D eigenvalue weighted by molar-refractivity contribution is 9.10. The molecule has 0 aliphatic heterocycles. The van der Waals surface area contributed by atoms with Crippen molar-refractivity contribution in [2.75, 3.05) is 0 Å². The van der Waals surface area contributed by atoms with Crippen LogP contribution in [0.25, 0.3) is 0 Å². The number of hydrogen-bond donors (Lipinski definition) is 0. The van der Waals surface area contributed by atoms with Crippen molar-refractivity contribution in [3.8, 4) is 17.6 Å². The fraction of sp³-hybridized carbons (Fsp3) is 0.0714. The first-order valence-electron chi connectivity index (χ1n) is 5.35. The molecule has 0 heterocycles. The van der Waals surface area contributed by atoms with E-state index in [0.717, 1.165) is 5.56 Å². The van der Waals surface area contributed by atoms with Gasteiger partial charge in [-0.15, -0.1) is 11.6 Å². The van der Waals surface area contributed by atoms with E-state index in [4.69, 9.17) is 21.6 Å². The van der Waals surface area contributed by atoms with E-state index in [0.29, 0.717) is 27.4 Å². The van der Waals surface area contributed by atoms with Crippen LogP contribution in [-0.4, -0.2) is 0 Å². The molecule has 0 spiro atoms. The summed E-state index contributed by atoms with van der Waals surface area (Å²) in [4.78, 5) is 0. The Morgan fingerprint density at radius 1 is 1.26 bits per heavy atom. The molecule has 96 valence electrons. The van der Waals surface area contributed by atoms with E-state index >= 15 is 0 Å². The third-order valence-electron chi connectivity index (χ3n) is 2.38. The molecule has 2 aromatic carbocycles. The first kappa shape index (κ1) is 13.9. The van der Waals surface area contributed by atoms with Crippen LogP contribution in [0.15, 0.2) is 40.9 Å². The zero-order valence-electron chi connectivity index (χ0n) is 9.66. The molecule has 0 aliphatic rings. The summed E-state index contributed by atoms with van der Waals surface area (Å²) in [5, 5.41) is 9.07. The van der Waals surface area contributed by atoms with Crippen LogP contribution in [0.5, 0.6) is 11.5 Å². The second-order valence-electron chi connectivity index (χ2n) is 3.78. The number of nitrogens with zero attached hydrogens (tertiary/aromatic N) is 1. The predicted octanol–water partition coefficient (Wildman–Crippen LogP) is 4.99. The maximum atomic E-state index is 13.2. The van der Waals surface area contributed by atoms with Crippen molar-refractivity contribution in [1.29, 1.82) is 5.26 Å². The summed E-state index contributed by atoms with van der Waals surface area (Å²) in [6, 6.07) is 11.3. The molecule has 0 aromatic heterocycles. The first-order valence-corrected chi connectivity index (χ1v) is 6.68. The van der Waals surface area contributed by atoms with Gasteiger partial charge in [-0.2, -0.15) is 5.26 Å². The summed E-state index contributed by atoms with van der Waals surface area (Å²) >= 11 is 8.89. The minimum atomic E-state index is -0.416. The van der Waals surface area contributed by atoms with Gasteiger partial charge in [0, 0.05) is 16.4 Å². The second-order valence-corrected chi connectivity index (χ2v) is 4.97. The summed E-state index contributed by atoms with van der Waals surface area (Å²) in [7, 11) is 0. The van der Waals surface area contributed by atoms with Crippen LogP contribution >= 0.6 is 27.5 Å². The minimum absolute atomic E-state index is 0.320. The van der Waals surface area contributed by atoms with Crippen molar-refractivity contribution in [2.24, 2.45) is 0 Å². The maximum absolute atomic E-state index is 13.2. The Bertz CT molecular complexity index is 634. The molecule has 0 N–H and O–H groups in total. The van der Waals surface area contributed by atoms with E-state index in [2.05, 4.69) is 15.9 Å². The second kappa shape index (κ2) is 6.05. The Hall–Kier alpha value is -1.57. The highest BCUT2D eigenvalue weighted by atomic mass is 79.9. The highest BCUT2D eigenvalue weighted by Gasteiger charge is 2.07. The summed E-state index contributed by atoms with van der Waals surface area (Å²) < 4.78 is 19.3. The lowest BCUT2D eigenvalue weighted by Gasteiger charge is -2.09. The lowest BCUT2D eigenvalue weighted by molar-refractivity contribution is 0.474. The van der Waals surface area contributed by atoms with Gasteiger partial charge < -0.3 is 4.74 Å². The van der Waals surface area contributed by atoms with Gasteiger partial charge in [-0.3, -0.25) is 0 Å². The number of halogens is 3. The molecule has 19 heavy (non-hydrogen) atoms. The summed E-state index contributed by atoms with van der Waals surface area (Å²) in [6.07, 6.45) is 0. The Labute approximate surface area is 123 Å². The smallest absolute Gasteiger partial charge is 0.145 e. The van der Waals surface area contributed by atoms with Gasteiger partial charge in [-0.1, -0.05) is 22.0 Å². The highest BCUT2D eigenvalue weighted by Crippen LogP contribution is 2.29. The van der Waals surface area contributed by atoms with Gasteiger partial charge in [0.25, 0.3) is 0 Å². The van der Waals surface area contributed by atoms with Crippen molar-refractivity contribution >= 4 is 27.5 Å². The van der Waals surface area contributed by atoms with Crippen LogP contribution in [0.2, 0.25) is 0 Å². The molecule has 0 saturated carbocycles. The van der Waals surface area contributed by atoms with Crippen LogP contribution in [0.1, 0.15) is 11.1 Å². The average molecular weight is 341 g/mol. The fourth-order valence-corrected chi connectivity index (χ4v) is 2.16. The molecule has 2 nitrogen and oxygen atoms in total. The molecule has 0 atom stereocenters. The van der Waals surface area contributed by atoms with E-state index in [1.165, 1.54) is 12.1 Å². The Kier molecular flexibility index (Phi) is 4.41. The van der Waals surface area contributed by atoms with Crippen LogP contribution in [-0.2, 0) is 5.88 Å². The fourth-order valence-electron chi connectivity index (χ4n) is 1.55. The summed E-state index contributed by atoms with van der Waals surface area (Å²) in [5.41, 5.74) is 1.18. The van der Waals surface area contributed by atoms with Crippen molar-refractivity contribution < 1.29 is 9.13 Å². The lowest BCUT2D eigenvalue weighted by Crippen LogP contribution is -1.91. The number of alkyl halides is 1. The van der Waals surface area contributed by atoms with Crippen molar-refractivity contribution in [3.63, 3.8) is 0 Å². The molecular weight excluding hydrogens is 333 g/mol. The van der Waals surface area contributed by atoms with Crippen LogP contribution in [0.3, 0.4) is 0 Å². The monoisotopic (exact) mass is 339 g/mol. The number of hydrogen-bond acceptors (Lipinski definition) is 2. The summed E-state index contributed by atoms with van der Waals surface area (Å²) in [6.45, 7) is 0. The third kappa shape index (κ3) is 3.46. The number of rotatable bonds is 3. The average Bonchev–Trinajstić information content (AvgIpc) is 2.38. The summed E-state index contributed by atoms with van der Waals surface area (Å²) in [5.74, 6) is 0.594. The molecule has 0 unspecified atom stereocenters. The molecule has 2 rings (SSSR count). The molecule has 0 radical (unpaired) electrons. The molecule has 0 saturated heterocycles. The van der Waals surface area contributed by atoms with Gasteiger partial charge in [0.15, 0.2) is 0 Å². The van der Waals surface area contributed by atoms with E-state index < -0.39 is 5.82 Å². The Morgan fingerprint density at radius 2 is 2.05 bits per heavy atom. The van der Waals surface area contributed by atoms with Crippen LogP contribution in [0.4, 0.5) is 4.39 Å². The number of nitriles is 1. The maximum Gasteiger partial charge on any atom is 0.145 e. The van der Waals surface area contributed by atoms with Gasteiger partial charge >= 0.3 is 0 Å². The molecule has 2 aromatic rings. The zero-order valence-corrected chi connectivity index (χ0v) is 12.0. The first-order chi connectivity index (χ1) is 9.12. The number of benzene rings is 2. The molecule has 0 aliphatic carbocycles. The Balaban J connectivity index is 2.35. The molecule has 0 bridgehead atoms. The van der Waals surface area contributed by atoms with Crippen molar-refractivity contribution in [3.05, 3.63) is 57.8 Å². The van der Waals surface area contributed by atoms with E-state index in [-0.39, 0.29) is 0 Å². The topological polar surface area (TPSA) is 33.0 Å². The van der Waals surface area contributed by atoms with Crippen molar-refractivity contribution in [1.82, 2.24) is 0 Å². The SMILES string of the molecule is N#Cc1cc(CCl)ccc1Oc1cc(F)cc(Br)c1. The molecule has 5 heteroatoms. The van der Waals surface area contributed by atoms with Crippen LogP contribution in [0, 0.1) is 17.1 Å². The quantitative estimate of drug-likeness (QED) is 0.737. The molecule has 0 amide bonds. The Morgan fingerprint density at radius 3 is 2.68 bits per heavy atom. The predicted molar refractivity (Wildman–Crippen MR) is 74.9 cm³/mol. The van der Waals surface area contributed by atoms with E-state index in [9.17, 15) is 4.39 Å². The third-order valence-corrected chi connectivity index (χ3v) is 3.15. The largest absolute Gasteiger partial charge is 0.456 e. The van der Waals surface area contributed by atoms with Gasteiger partial charge in [0.1, 0.15) is 23.4 Å². The van der Waals surface area contributed by atoms with Gasteiger partial charge in [0.05, 0.1) is 5.56 Å². The van der Waals surface area contributed by atoms with E-state index in [1.807, 2.05) is 6.07 Å². The lowest BCUT2D eigenvalue weighted by atomic mass is 10.1. The zero-order chi connectivity index (χ0) is 13.8. The minimum Gasteiger partial charge on any atom is -0.456 e. The van der Waals surface area contributed by atoms with Gasteiger partial charge in [-0.05, 0) is 29.8 Å². The van der Waals surface area contributed by atoms with E-state index in [1.54, 1.807) is 24.3 Å². The number of ether oxygens (including phenoxy) is 1. The van der Waals surface area contributed by atoms with Crippen molar-refractivity contribution in [2.45, 2.75) is 5.88 Å². The molecule has 0 fully saturated rings. The van der Waals surface area contributed by atoms with Crippen LogP contribution < -0.4 is 4.74 Å². The molecular formula is C14H8BrClFNO. The van der Waals surface area contributed by atoms with Gasteiger partial charge in [0.2, 0.25) is 0 Å². The standard InChI is InChI=1S/C14H8BrClFNO/c15-11-4-12(17)6-13(5-11)19-14-2-1-9(7-16)3-10(14)8-18/h1-6H,7H2. The normalized spacial score (nSPS) is 10.0. The van der Waals surface area contributed by atoms with Gasteiger partial charge in [-0.25, -0.2) is 4.39 Å².